The van der Waals surface area contributed by atoms with E-state index in [-0.39, 0.29) is 18.2 Å². The van der Waals surface area contributed by atoms with Crippen molar-refractivity contribution < 1.29 is 9.53 Å². The Morgan fingerprint density at radius 1 is 1.10 bits per heavy atom. The van der Waals surface area contributed by atoms with E-state index in [0.717, 1.165) is 11.3 Å². The molecular weight excluding hydrogens is 264 g/mol. The maximum Gasteiger partial charge on any atom is 0.257 e. The van der Waals surface area contributed by atoms with E-state index in [1.807, 2.05) is 54.6 Å². The van der Waals surface area contributed by atoms with Gasteiger partial charge in [0.15, 0.2) is 0 Å². The fourth-order valence-corrected chi connectivity index (χ4v) is 2.74. The van der Waals surface area contributed by atoms with Gasteiger partial charge in [-0.25, -0.2) is 0 Å². The van der Waals surface area contributed by atoms with Crippen molar-refractivity contribution in [2.45, 2.75) is 12.3 Å². The number of hydrogen-bond acceptors (Lipinski definition) is 3. The van der Waals surface area contributed by atoms with Gasteiger partial charge in [-0.15, -0.1) is 0 Å². The van der Waals surface area contributed by atoms with Gasteiger partial charge in [0.2, 0.25) is 0 Å². The second kappa shape index (κ2) is 5.58. The highest BCUT2D eigenvalue weighted by atomic mass is 16.5. The number of nitrogens with one attached hydrogen (secondary N) is 1. The Morgan fingerprint density at radius 3 is 2.48 bits per heavy atom. The third-order valence-electron chi connectivity index (χ3n) is 3.87. The number of amides is 1. The molecule has 0 radical (unpaired) electrons. The quantitative estimate of drug-likeness (QED) is 0.941. The van der Waals surface area contributed by atoms with Crippen LogP contribution >= 0.6 is 0 Å². The van der Waals surface area contributed by atoms with E-state index in [4.69, 9.17) is 4.74 Å². The summed E-state index contributed by atoms with van der Waals surface area (Å²) in [6.07, 6.45) is -0.465. The molecule has 1 heterocycles. The van der Waals surface area contributed by atoms with Crippen LogP contribution in [0.3, 0.4) is 0 Å². The summed E-state index contributed by atoms with van der Waals surface area (Å²) in [4.78, 5) is 14.2. The number of para-hydroxylation sites is 1. The molecule has 2 aromatic rings. The van der Waals surface area contributed by atoms with E-state index in [2.05, 4.69) is 5.32 Å². The minimum atomic E-state index is -0.236. The molecule has 0 aliphatic carbocycles. The summed E-state index contributed by atoms with van der Waals surface area (Å²) in [5.74, 6) is 0.00679. The van der Waals surface area contributed by atoms with Gasteiger partial charge in [-0.1, -0.05) is 42.5 Å². The maximum atomic E-state index is 12.5. The van der Waals surface area contributed by atoms with Gasteiger partial charge in [0.25, 0.3) is 5.91 Å². The van der Waals surface area contributed by atoms with Crippen molar-refractivity contribution in [1.82, 2.24) is 4.90 Å². The van der Waals surface area contributed by atoms with Crippen LogP contribution in [-0.4, -0.2) is 31.1 Å². The molecule has 0 fully saturated rings. The lowest BCUT2D eigenvalue weighted by atomic mass is 10.0. The first-order valence-corrected chi connectivity index (χ1v) is 6.93. The number of carbonyl (C=O) groups excluding carboxylic acids is 1. The molecule has 2 atom stereocenters. The number of rotatable bonds is 3. The van der Waals surface area contributed by atoms with Gasteiger partial charge in [-0.05, 0) is 17.7 Å². The van der Waals surface area contributed by atoms with E-state index >= 15 is 0 Å². The molecule has 1 aliphatic rings. The minimum absolute atomic E-state index is 0.00679. The summed E-state index contributed by atoms with van der Waals surface area (Å²) < 4.78 is 5.65. The van der Waals surface area contributed by atoms with E-state index < -0.39 is 0 Å². The molecule has 3 rings (SSSR count). The third kappa shape index (κ3) is 2.38. The van der Waals surface area contributed by atoms with Gasteiger partial charge in [0.1, 0.15) is 12.3 Å². The average molecular weight is 282 g/mol. The van der Waals surface area contributed by atoms with Crippen molar-refractivity contribution in [3.05, 3.63) is 65.7 Å². The Hall–Kier alpha value is -2.33. The second-order valence-corrected chi connectivity index (χ2v) is 5.12. The Bertz CT molecular complexity index is 642. The Balaban J connectivity index is 1.97. The van der Waals surface area contributed by atoms with Crippen LogP contribution in [0, 0.1) is 0 Å². The lowest BCUT2D eigenvalue weighted by Gasteiger charge is -2.39. The fourth-order valence-electron chi connectivity index (χ4n) is 2.74. The highest BCUT2D eigenvalue weighted by molar-refractivity contribution is 6.01. The van der Waals surface area contributed by atoms with Crippen LogP contribution in [-0.2, 0) is 4.74 Å². The number of benzene rings is 2. The number of anilines is 1. The first-order valence-electron chi connectivity index (χ1n) is 6.93. The van der Waals surface area contributed by atoms with Crippen molar-refractivity contribution in [2.24, 2.45) is 0 Å². The first-order chi connectivity index (χ1) is 10.2. The van der Waals surface area contributed by atoms with Crippen molar-refractivity contribution in [1.29, 1.82) is 0 Å². The van der Waals surface area contributed by atoms with Crippen molar-refractivity contribution in [3.63, 3.8) is 0 Å². The Labute approximate surface area is 124 Å². The number of likely N-dealkylation sites (N-methyl/N-ethyl adjacent to an activating group) is 1. The Morgan fingerprint density at radius 2 is 1.76 bits per heavy atom. The van der Waals surface area contributed by atoms with Crippen molar-refractivity contribution >= 4 is 11.6 Å². The first kappa shape index (κ1) is 13.6. The highest BCUT2D eigenvalue weighted by Gasteiger charge is 2.35. The van der Waals surface area contributed by atoms with Crippen LogP contribution in [0.1, 0.15) is 22.0 Å². The average Bonchev–Trinajstić information content (AvgIpc) is 2.54. The smallest absolute Gasteiger partial charge is 0.257 e. The lowest BCUT2D eigenvalue weighted by molar-refractivity contribution is 0.0268. The van der Waals surface area contributed by atoms with Crippen molar-refractivity contribution in [3.8, 4) is 0 Å². The molecule has 1 N–H and O–H groups in total. The monoisotopic (exact) mass is 282 g/mol. The molecule has 0 saturated heterocycles. The molecule has 21 heavy (non-hydrogen) atoms. The number of carbonyl (C=O) groups is 1. The fraction of sp³-hybridized carbons (Fsp3) is 0.235. The summed E-state index contributed by atoms with van der Waals surface area (Å²) in [5, 5.41) is 3.41. The molecule has 0 aromatic heterocycles. The van der Waals surface area contributed by atoms with Crippen LogP contribution in [0.4, 0.5) is 5.69 Å². The Kier molecular flexibility index (Phi) is 3.62. The molecule has 0 bridgehead atoms. The molecule has 2 aromatic carbocycles. The zero-order valence-electron chi connectivity index (χ0n) is 12.1. The predicted octanol–water partition coefficient (Wildman–Crippen LogP) is 2.90. The summed E-state index contributed by atoms with van der Waals surface area (Å²) in [6, 6.07) is 17.5. The van der Waals surface area contributed by atoms with Crippen LogP contribution < -0.4 is 5.32 Å². The van der Waals surface area contributed by atoms with E-state index in [9.17, 15) is 4.79 Å². The molecule has 0 spiro atoms. The number of methoxy groups -OCH3 is 1. The molecule has 108 valence electrons. The standard InChI is InChI=1S/C17H18N2O2/c1-19-16(15(21-2)12-8-4-3-5-9-12)18-14-11-7-6-10-13(14)17(19)20/h3-11,15-16,18H,1-2H3. The molecular formula is C17H18N2O2. The summed E-state index contributed by atoms with van der Waals surface area (Å²) in [6.45, 7) is 0. The topological polar surface area (TPSA) is 41.6 Å². The van der Waals surface area contributed by atoms with E-state index in [0.29, 0.717) is 5.56 Å². The van der Waals surface area contributed by atoms with E-state index in [1.54, 1.807) is 19.1 Å². The normalized spacial score (nSPS) is 18.9. The van der Waals surface area contributed by atoms with E-state index in [1.165, 1.54) is 0 Å². The lowest BCUT2D eigenvalue weighted by Crippen LogP contribution is -2.50. The van der Waals surface area contributed by atoms with Gasteiger partial charge in [-0.2, -0.15) is 0 Å². The zero-order chi connectivity index (χ0) is 14.8. The molecule has 2 unspecified atom stereocenters. The van der Waals surface area contributed by atoms with Gasteiger partial charge in [-0.3, -0.25) is 4.79 Å². The third-order valence-corrected chi connectivity index (χ3v) is 3.87. The van der Waals surface area contributed by atoms with Crippen molar-refractivity contribution in [2.75, 3.05) is 19.5 Å². The summed E-state index contributed by atoms with van der Waals surface area (Å²) in [5.41, 5.74) is 2.58. The predicted molar refractivity (Wildman–Crippen MR) is 82.1 cm³/mol. The van der Waals surface area contributed by atoms with Gasteiger partial charge in [0, 0.05) is 19.8 Å². The van der Waals surface area contributed by atoms with Gasteiger partial charge in [0.05, 0.1) is 5.56 Å². The zero-order valence-corrected chi connectivity index (χ0v) is 12.1. The SMILES string of the molecule is COC(c1ccccc1)C1Nc2ccccc2C(=O)N1C. The van der Waals surface area contributed by atoms with Gasteiger partial charge >= 0.3 is 0 Å². The molecule has 4 heteroatoms. The largest absolute Gasteiger partial charge is 0.373 e. The molecule has 0 saturated carbocycles. The number of nitrogens with zero attached hydrogens (tertiary/aromatic N) is 1. The van der Waals surface area contributed by atoms with Crippen LogP contribution in [0.2, 0.25) is 0 Å². The number of ether oxygens (including phenoxy) is 1. The second-order valence-electron chi connectivity index (χ2n) is 5.12. The molecule has 4 nitrogen and oxygen atoms in total. The van der Waals surface area contributed by atoms with Crippen LogP contribution in [0.5, 0.6) is 0 Å². The highest BCUT2D eigenvalue weighted by Crippen LogP contribution is 2.31. The molecule has 1 amide bonds. The number of fused-ring (bicyclic) bond motifs is 1. The molecule has 1 aliphatic heterocycles. The summed E-state index contributed by atoms with van der Waals surface area (Å²) in [7, 11) is 3.46. The summed E-state index contributed by atoms with van der Waals surface area (Å²) >= 11 is 0. The van der Waals surface area contributed by atoms with Gasteiger partial charge < -0.3 is 15.0 Å². The maximum absolute atomic E-state index is 12.5. The van der Waals surface area contributed by atoms with Crippen LogP contribution in [0.15, 0.2) is 54.6 Å². The minimum Gasteiger partial charge on any atom is -0.373 e. The number of hydrogen-bond donors (Lipinski definition) is 1. The van der Waals surface area contributed by atoms with Crippen LogP contribution in [0.25, 0.3) is 0 Å².